The normalized spacial score (nSPS) is 16.4. The van der Waals surface area contributed by atoms with Gasteiger partial charge in [-0.05, 0) is 30.7 Å². The number of aliphatic hydroxyl groups is 1. The van der Waals surface area contributed by atoms with Crippen molar-refractivity contribution in [1.82, 2.24) is 5.32 Å². The highest BCUT2D eigenvalue weighted by Gasteiger charge is 2.37. The van der Waals surface area contributed by atoms with Gasteiger partial charge in [-0.2, -0.15) is 0 Å². The standard InChI is InChI=1S/C15H20FNO2/c1-3-14(17-4-2)15(18,10-16)12-6-5-11-7-8-19-13(11)9-12/h5-9,14,17-18H,3-4,10H2,1-2H3. The molecule has 1 aromatic carbocycles. The van der Waals surface area contributed by atoms with E-state index in [4.69, 9.17) is 4.42 Å². The van der Waals surface area contributed by atoms with Crippen LogP contribution < -0.4 is 5.32 Å². The molecule has 2 atom stereocenters. The monoisotopic (exact) mass is 265 g/mol. The van der Waals surface area contributed by atoms with E-state index in [1.54, 1.807) is 18.4 Å². The molecule has 104 valence electrons. The average molecular weight is 265 g/mol. The van der Waals surface area contributed by atoms with Crippen LogP contribution in [-0.2, 0) is 5.60 Å². The zero-order valence-corrected chi connectivity index (χ0v) is 11.3. The van der Waals surface area contributed by atoms with E-state index < -0.39 is 12.3 Å². The van der Waals surface area contributed by atoms with E-state index in [2.05, 4.69) is 5.32 Å². The number of alkyl halides is 1. The minimum atomic E-state index is -1.52. The van der Waals surface area contributed by atoms with E-state index in [1.807, 2.05) is 26.0 Å². The van der Waals surface area contributed by atoms with Crippen molar-refractivity contribution in [1.29, 1.82) is 0 Å². The van der Waals surface area contributed by atoms with Gasteiger partial charge in [0.25, 0.3) is 0 Å². The molecule has 2 unspecified atom stereocenters. The van der Waals surface area contributed by atoms with Gasteiger partial charge in [-0.1, -0.05) is 26.0 Å². The molecule has 2 N–H and O–H groups in total. The summed E-state index contributed by atoms with van der Waals surface area (Å²) in [5.74, 6) is 0. The number of nitrogens with one attached hydrogen (secondary N) is 1. The molecule has 0 radical (unpaired) electrons. The molecule has 0 amide bonds. The molecule has 3 nitrogen and oxygen atoms in total. The van der Waals surface area contributed by atoms with Crippen LogP contribution in [0.15, 0.2) is 34.9 Å². The molecule has 1 heterocycles. The van der Waals surface area contributed by atoms with Crippen LogP contribution in [-0.4, -0.2) is 24.4 Å². The maximum Gasteiger partial charge on any atom is 0.134 e. The van der Waals surface area contributed by atoms with Gasteiger partial charge in [0, 0.05) is 11.4 Å². The fourth-order valence-electron chi connectivity index (χ4n) is 2.49. The van der Waals surface area contributed by atoms with Gasteiger partial charge in [0.2, 0.25) is 0 Å². The molecule has 2 aromatic rings. The van der Waals surface area contributed by atoms with Crippen LogP contribution in [0, 0.1) is 0 Å². The van der Waals surface area contributed by atoms with Crippen LogP contribution in [0.1, 0.15) is 25.8 Å². The highest BCUT2D eigenvalue weighted by Crippen LogP contribution is 2.30. The average Bonchev–Trinajstić information content (AvgIpc) is 2.91. The Morgan fingerprint density at radius 2 is 2.16 bits per heavy atom. The Morgan fingerprint density at radius 3 is 2.79 bits per heavy atom. The number of hydrogen-bond acceptors (Lipinski definition) is 3. The molecule has 4 heteroatoms. The van der Waals surface area contributed by atoms with Crippen LogP contribution in [0.25, 0.3) is 11.0 Å². The maximum atomic E-state index is 13.5. The molecule has 0 aliphatic rings. The second-order valence-corrected chi connectivity index (χ2v) is 4.75. The van der Waals surface area contributed by atoms with E-state index in [1.165, 1.54) is 0 Å². The molecule has 0 bridgehead atoms. The Morgan fingerprint density at radius 1 is 1.37 bits per heavy atom. The molecule has 19 heavy (non-hydrogen) atoms. The number of furan rings is 1. The third kappa shape index (κ3) is 2.51. The summed E-state index contributed by atoms with van der Waals surface area (Å²) >= 11 is 0. The number of fused-ring (bicyclic) bond motifs is 1. The Hall–Kier alpha value is -1.39. The minimum absolute atomic E-state index is 0.324. The summed E-state index contributed by atoms with van der Waals surface area (Å²) in [6.07, 6.45) is 2.23. The summed E-state index contributed by atoms with van der Waals surface area (Å²) in [5, 5.41) is 14.8. The van der Waals surface area contributed by atoms with E-state index in [0.717, 1.165) is 5.39 Å². The molecule has 0 fully saturated rings. The lowest BCUT2D eigenvalue weighted by molar-refractivity contribution is -0.0257. The number of rotatable bonds is 6. The first-order chi connectivity index (χ1) is 9.15. The Labute approximate surface area is 112 Å². The molecule has 0 aliphatic heterocycles. The summed E-state index contributed by atoms with van der Waals surface area (Å²) in [7, 11) is 0. The fraction of sp³-hybridized carbons (Fsp3) is 0.467. The molecular formula is C15H20FNO2. The lowest BCUT2D eigenvalue weighted by Gasteiger charge is -2.34. The van der Waals surface area contributed by atoms with Crippen molar-refractivity contribution < 1.29 is 13.9 Å². The van der Waals surface area contributed by atoms with E-state index in [-0.39, 0.29) is 6.04 Å². The zero-order chi connectivity index (χ0) is 13.9. The quantitative estimate of drug-likeness (QED) is 0.844. The predicted molar refractivity (Wildman–Crippen MR) is 73.8 cm³/mol. The van der Waals surface area contributed by atoms with Gasteiger partial charge in [0.05, 0.1) is 6.26 Å². The summed E-state index contributed by atoms with van der Waals surface area (Å²) in [6, 6.07) is 6.84. The van der Waals surface area contributed by atoms with Gasteiger partial charge in [-0.3, -0.25) is 0 Å². The van der Waals surface area contributed by atoms with Crippen molar-refractivity contribution in [3.05, 3.63) is 36.1 Å². The van der Waals surface area contributed by atoms with Gasteiger partial charge < -0.3 is 14.8 Å². The molecular weight excluding hydrogens is 245 g/mol. The molecule has 0 spiro atoms. The summed E-state index contributed by atoms with van der Waals surface area (Å²) in [4.78, 5) is 0. The van der Waals surface area contributed by atoms with Crippen molar-refractivity contribution in [2.75, 3.05) is 13.2 Å². The Balaban J connectivity index is 2.43. The highest BCUT2D eigenvalue weighted by molar-refractivity contribution is 5.77. The van der Waals surface area contributed by atoms with E-state index in [9.17, 15) is 9.50 Å². The number of hydrogen-bond donors (Lipinski definition) is 2. The number of likely N-dealkylation sites (N-methyl/N-ethyl adjacent to an activating group) is 1. The zero-order valence-electron chi connectivity index (χ0n) is 11.3. The third-order valence-corrected chi connectivity index (χ3v) is 3.60. The maximum absolute atomic E-state index is 13.5. The molecule has 1 aromatic heterocycles. The van der Waals surface area contributed by atoms with Crippen LogP contribution >= 0.6 is 0 Å². The number of halogens is 1. The lowest BCUT2D eigenvalue weighted by Crippen LogP contribution is -2.49. The topological polar surface area (TPSA) is 45.4 Å². The fourth-order valence-corrected chi connectivity index (χ4v) is 2.49. The first kappa shape index (κ1) is 14.0. The first-order valence-electron chi connectivity index (χ1n) is 6.65. The second kappa shape index (κ2) is 5.72. The predicted octanol–water partition coefficient (Wildman–Crippen LogP) is 2.98. The van der Waals surface area contributed by atoms with Gasteiger partial charge in [-0.25, -0.2) is 4.39 Å². The second-order valence-electron chi connectivity index (χ2n) is 4.75. The Bertz CT molecular complexity index is 540. The van der Waals surface area contributed by atoms with E-state index in [0.29, 0.717) is 24.1 Å². The van der Waals surface area contributed by atoms with E-state index >= 15 is 0 Å². The van der Waals surface area contributed by atoms with Crippen LogP contribution in [0.2, 0.25) is 0 Å². The molecule has 0 aliphatic carbocycles. The number of benzene rings is 1. The van der Waals surface area contributed by atoms with Gasteiger partial charge in [0.1, 0.15) is 17.9 Å². The largest absolute Gasteiger partial charge is 0.464 e. The lowest BCUT2D eigenvalue weighted by atomic mass is 9.85. The van der Waals surface area contributed by atoms with Crippen molar-refractivity contribution in [3.63, 3.8) is 0 Å². The van der Waals surface area contributed by atoms with Crippen molar-refractivity contribution >= 4 is 11.0 Å². The van der Waals surface area contributed by atoms with Crippen molar-refractivity contribution in [2.24, 2.45) is 0 Å². The van der Waals surface area contributed by atoms with Crippen molar-refractivity contribution in [2.45, 2.75) is 31.9 Å². The summed E-state index contributed by atoms with van der Waals surface area (Å²) in [6.45, 7) is 3.73. The summed E-state index contributed by atoms with van der Waals surface area (Å²) in [5.41, 5.74) is -0.313. The Kier molecular flexibility index (Phi) is 4.22. The smallest absolute Gasteiger partial charge is 0.134 e. The van der Waals surface area contributed by atoms with Gasteiger partial charge in [0.15, 0.2) is 0 Å². The van der Waals surface area contributed by atoms with Crippen molar-refractivity contribution in [3.8, 4) is 0 Å². The summed E-state index contributed by atoms with van der Waals surface area (Å²) < 4.78 is 18.8. The van der Waals surface area contributed by atoms with Gasteiger partial charge >= 0.3 is 0 Å². The van der Waals surface area contributed by atoms with Crippen LogP contribution in [0.4, 0.5) is 4.39 Å². The molecule has 0 saturated carbocycles. The molecule has 2 rings (SSSR count). The van der Waals surface area contributed by atoms with Crippen LogP contribution in [0.3, 0.4) is 0 Å². The highest BCUT2D eigenvalue weighted by atomic mass is 19.1. The minimum Gasteiger partial charge on any atom is -0.464 e. The third-order valence-electron chi connectivity index (χ3n) is 3.60. The molecule has 0 saturated heterocycles. The van der Waals surface area contributed by atoms with Gasteiger partial charge in [-0.15, -0.1) is 0 Å². The van der Waals surface area contributed by atoms with Crippen LogP contribution in [0.5, 0.6) is 0 Å². The first-order valence-corrected chi connectivity index (χ1v) is 6.65. The SMILES string of the molecule is CCNC(CC)C(O)(CF)c1ccc2ccoc2c1.